The van der Waals surface area contributed by atoms with Crippen molar-refractivity contribution in [2.45, 2.75) is 0 Å². The van der Waals surface area contributed by atoms with Crippen molar-refractivity contribution in [3.8, 4) is 11.4 Å². The Balaban J connectivity index is 1.07. The van der Waals surface area contributed by atoms with Crippen LogP contribution < -0.4 is 31.1 Å². The van der Waals surface area contributed by atoms with E-state index >= 15 is 0 Å². The fraction of sp³-hybridized carbons (Fsp3) is 0. The van der Waals surface area contributed by atoms with Crippen LogP contribution in [-0.2, 0) is 0 Å². The molecule has 0 amide bonds. The second kappa shape index (κ2) is 16.0. The van der Waals surface area contributed by atoms with Crippen LogP contribution in [0.1, 0.15) is 0 Å². The van der Waals surface area contributed by atoms with Crippen LogP contribution in [0, 0.1) is 0 Å². The first-order valence-corrected chi connectivity index (χ1v) is 24.8. The highest BCUT2D eigenvalue weighted by molar-refractivity contribution is 7.00. The minimum atomic E-state index is -0.0633. The summed E-state index contributed by atoms with van der Waals surface area (Å²) in [5, 5.41) is 4.93. The standard InChI is InChI=1S/C66H44BN5/c1-3-23-45(24-4-1)68(46-25-5-2-6-26-46)47-43-64-66-65(44-47)72(63-42-22-20-40-61(63)70-56-35-15-9-29-50(56)51-30-10-16-36-57(51)70)59-38-18-12-32-53(59)67(66)52-31-11-17-37-58(52)71(64)62-41-21-19-39-60(62)69-54-33-13-7-27-48(54)49-28-8-14-34-55(49)69/h1-44H. The van der Waals surface area contributed by atoms with Crippen LogP contribution in [-0.4, -0.2) is 15.8 Å². The lowest BCUT2D eigenvalue weighted by atomic mass is 9.33. The Morgan fingerprint density at radius 3 is 0.944 bits per heavy atom. The molecule has 0 atom stereocenters. The molecule has 336 valence electrons. The Labute approximate surface area is 418 Å². The Hall–Kier alpha value is -9.52. The Kier molecular flexibility index (Phi) is 8.99. The van der Waals surface area contributed by atoms with E-state index in [1.807, 2.05) is 0 Å². The molecule has 5 nitrogen and oxygen atoms in total. The quantitative estimate of drug-likeness (QED) is 0.149. The van der Waals surface area contributed by atoms with E-state index in [0.29, 0.717) is 0 Å². The van der Waals surface area contributed by atoms with Crippen LogP contribution in [0.4, 0.5) is 51.2 Å². The lowest BCUT2D eigenvalue weighted by Gasteiger charge is -2.45. The van der Waals surface area contributed by atoms with Gasteiger partial charge in [-0.1, -0.05) is 170 Å². The Morgan fingerprint density at radius 2 is 0.556 bits per heavy atom. The molecule has 0 bridgehead atoms. The average molecular weight is 918 g/mol. The molecule has 2 aliphatic heterocycles. The fourth-order valence-electron chi connectivity index (χ4n) is 12.2. The van der Waals surface area contributed by atoms with Gasteiger partial charge in [-0.15, -0.1) is 0 Å². The first-order valence-electron chi connectivity index (χ1n) is 24.8. The molecule has 72 heavy (non-hydrogen) atoms. The lowest BCUT2D eigenvalue weighted by Crippen LogP contribution is -2.61. The molecule has 0 N–H and O–H groups in total. The SMILES string of the molecule is c1ccc(N(c2ccccc2)c2cc3c4c(c2)N(c2ccccc2-n2c5ccccc5c5ccccc52)c2ccccc2B4c2ccccc2N3c2ccccc2-n2c3ccccc3c3ccccc32)cc1. The molecule has 0 spiro atoms. The van der Waals surface area contributed by atoms with Crippen molar-refractivity contribution in [2.24, 2.45) is 0 Å². The molecular formula is C66H44BN5. The number of rotatable bonds is 7. The number of anilines is 9. The summed E-state index contributed by atoms with van der Waals surface area (Å²) < 4.78 is 4.93. The molecule has 2 aliphatic rings. The van der Waals surface area contributed by atoms with Crippen LogP contribution in [0.25, 0.3) is 55.0 Å². The maximum atomic E-state index is 2.56. The molecule has 0 aliphatic carbocycles. The van der Waals surface area contributed by atoms with Crippen molar-refractivity contribution in [1.29, 1.82) is 0 Å². The predicted octanol–water partition coefficient (Wildman–Crippen LogP) is 15.4. The van der Waals surface area contributed by atoms with E-state index in [-0.39, 0.29) is 6.71 Å². The molecule has 11 aromatic carbocycles. The molecule has 4 heterocycles. The lowest BCUT2D eigenvalue weighted by molar-refractivity contribution is 1.14. The van der Waals surface area contributed by atoms with Crippen molar-refractivity contribution in [1.82, 2.24) is 9.13 Å². The van der Waals surface area contributed by atoms with E-state index in [1.54, 1.807) is 0 Å². The number of nitrogens with zero attached hydrogens (tertiary/aromatic N) is 5. The topological polar surface area (TPSA) is 19.6 Å². The van der Waals surface area contributed by atoms with Crippen LogP contribution >= 0.6 is 0 Å². The highest BCUT2D eigenvalue weighted by atomic mass is 15.2. The number of benzene rings is 11. The van der Waals surface area contributed by atoms with Crippen LogP contribution in [0.5, 0.6) is 0 Å². The van der Waals surface area contributed by atoms with Crippen LogP contribution in [0.15, 0.2) is 267 Å². The van der Waals surface area contributed by atoms with Gasteiger partial charge in [0.1, 0.15) is 0 Å². The predicted molar refractivity (Wildman–Crippen MR) is 304 cm³/mol. The van der Waals surface area contributed by atoms with Crippen LogP contribution in [0.3, 0.4) is 0 Å². The van der Waals surface area contributed by atoms with Crippen molar-refractivity contribution in [2.75, 3.05) is 14.7 Å². The third kappa shape index (κ3) is 5.90. The van der Waals surface area contributed by atoms with Gasteiger partial charge in [-0.3, -0.25) is 0 Å². The smallest absolute Gasteiger partial charge is 0.252 e. The zero-order chi connectivity index (χ0) is 47.3. The Bertz CT molecular complexity index is 3890. The number of hydrogen-bond donors (Lipinski definition) is 0. The minimum absolute atomic E-state index is 0.0633. The summed E-state index contributed by atoms with van der Waals surface area (Å²) in [7, 11) is 0. The molecular weight excluding hydrogens is 874 g/mol. The number of fused-ring (bicyclic) bond motifs is 10. The van der Waals surface area contributed by atoms with E-state index in [0.717, 1.165) is 62.6 Å². The van der Waals surface area contributed by atoms with Crippen LogP contribution in [0.2, 0.25) is 0 Å². The zero-order valence-electron chi connectivity index (χ0n) is 39.2. The average Bonchev–Trinajstić information content (AvgIpc) is 3.97. The number of hydrogen-bond acceptors (Lipinski definition) is 3. The highest BCUT2D eigenvalue weighted by Gasteiger charge is 2.44. The van der Waals surface area contributed by atoms with Gasteiger partial charge in [-0.25, -0.2) is 0 Å². The van der Waals surface area contributed by atoms with Crippen molar-refractivity contribution < 1.29 is 0 Å². The second-order valence-electron chi connectivity index (χ2n) is 18.8. The zero-order valence-corrected chi connectivity index (χ0v) is 39.2. The molecule has 13 aromatic rings. The molecule has 6 heteroatoms. The van der Waals surface area contributed by atoms with E-state index in [9.17, 15) is 0 Å². The van der Waals surface area contributed by atoms with Gasteiger partial charge >= 0.3 is 0 Å². The van der Waals surface area contributed by atoms with Gasteiger partial charge in [-0.05, 0) is 113 Å². The summed E-state index contributed by atoms with van der Waals surface area (Å²) in [6.45, 7) is -0.0633. The summed E-state index contributed by atoms with van der Waals surface area (Å²) >= 11 is 0. The Morgan fingerprint density at radius 1 is 0.250 bits per heavy atom. The molecule has 0 unspecified atom stereocenters. The van der Waals surface area contributed by atoms with Gasteiger partial charge in [0.15, 0.2) is 0 Å². The molecule has 0 saturated carbocycles. The largest absolute Gasteiger partial charge is 0.310 e. The van der Waals surface area contributed by atoms with Gasteiger partial charge in [-0.2, -0.15) is 0 Å². The number of aromatic nitrogens is 2. The number of para-hydroxylation sites is 12. The van der Waals surface area contributed by atoms with Gasteiger partial charge in [0, 0.05) is 55.7 Å². The molecule has 0 radical (unpaired) electrons. The van der Waals surface area contributed by atoms with Crippen molar-refractivity contribution in [3.63, 3.8) is 0 Å². The van der Waals surface area contributed by atoms with E-state index in [2.05, 4.69) is 291 Å². The normalized spacial score (nSPS) is 12.6. The highest BCUT2D eigenvalue weighted by Crippen LogP contribution is 2.51. The monoisotopic (exact) mass is 917 g/mol. The van der Waals surface area contributed by atoms with Crippen molar-refractivity contribution in [3.05, 3.63) is 267 Å². The first-order chi connectivity index (χ1) is 35.8. The van der Waals surface area contributed by atoms with E-state index in [1.165, 1.54) is 60.0 Å². The fourth-order valence-corrected chi connectivity index (χ4v) is 12.2. The first kappa shape index (κ1) is 40.4. The summed E-state index contributed by atoms with van der Waals surface area (Å²) in [6.07, 6.45) is 0. The maximum Gasteiger partial charge on any atom is 0.252 e. The summed E-state index contributed by atoms with van der Waals surface area (Å²) in [6, 6.07) is 98.0. The molecule has 0 fully saturated rings. The van der Waals surface area contributed by atoms with Gasteiger partial charge in [0.25, 0.3) is 6.71 Å². The summed E-state index contributed by atoms with van der Waals surface area (Å²) in [5.74, 6) is 0. The third-order valence-electron chi connectivity index (χ3n) is 15.0. The summed E-state index contributed by atoms with van der Waals surface area (Å²) in [4.78, 5) is 7.54. The summed E-state index contributed by atoms with van der Waals surface area (Å²) in [5.41, 5.74) is 20.7. The van der Waals surface area contributed by atoms with Gasteiger partial charge in [0.05, 0.1) is 50.5 Å². The molecule has 2 aromatic heterocycles. The molecule has 15 rings (SSSR count). The second-order valence-corrected chi connectivity index (χ2v) is 18.8. The van der Waals surface area contributed by atoms with Gasteiger partial charge in [0.2, 0.25) is 0 Å². The van der Waals surface area contributed by atoms with Crippen molar-refractivity contribution >= 4 is 118 Å². The van der Waals surface area contributed by atoms with E-state index < -0.39 is 0 Å². The third-order valence-corrected chi connectivity index (χ3v) is 15.0. The molecule has 0 saturated heterocycles. The van der Waals surface area contributed by atoms with E-state index in [4.69, 9.17) is 0 Å². The maximum absolute atomic E-state index is 2.56. The minimum Gasteiger partial charge on any atom is -0.310 e. The van der Waals surface area contributed by atoms with Gasteiger partial charge < -0.3 is 23.8 Å².